The molecule has 0 amide bonds. The minimum absolute atomic E-state index is 0.0572. The molecule has 0 radical (unpaired) electrons. The highest BCUT2D eigenvalue weighted by Gasteiger charge is 2.10. The van der Waals surface area contributed by atoms with Gasteiger partial charge in [-0.25, -0.2) is 0 Å². The van der Waals surface area contributed by atoms with E-state index in [0.717, 1.165) is 16.7 Å². The zero-order chi connectivity index (χ0) is 14.9. The number of Topliss-reactive ketones (excluding diaryl/α,β-unsaturated/α-hetero) is 1. The van der Waals surface area contributed by atoms with Gasteiger partial charge in [-0.2, -0.15) is 0 Å². The number of carbonyl (C=O) groups is 1. The lowest BCUT2D eigenvalue weighted by atomic mass is 10.0. The normalized spacial score (nSPS) is 10.6. The van der Waals surface area contributed by atoms with Gasteiger partial charge in [0.25, 0.3) is 5.56 Å². The molecule has 0 aliphatic rings. The van der Waals surface area contributed by atoms with Crippen LogP contribution in [0.3, 0.4) is 0 Å². The Balaban J connectivity index is 2.32. The summed E-state index contributed by atoms with van der Waals surface area (Å²) in [6.07, 6.45) is 1.70. The van der Waals surface area contributed by atoms with Crippen molar-refractivity contribution in [2.24, 2.45) is 0 Å². The van der Waals surface area contributed by atoms with E-state index in [2.05, 4.69) is 15.9 Å². The molecule has 2 rings (SSSR count). The Bertz CT molecular complexity index is 732. The van der Waals surface area contributed by atoms with Crippen molar-refractivity contribution in [1.29, 1.82) is 0 Å². The number of aromatic nitrogens is 1. The highest BCUT2D eigenvalue weighted by atomic mass is 79.9. The van der Waals surface area contributed by atoms with Crippen molar-refractivity contribution in [3.05, 3.63) is 67.5 Å². The van der Waals surface area contributed by atoms with Crippen LogP contribution in [-0.2, 0) is 6.54 Å². The molecule has 0 bridgehead atoms. The summed E-state index contributed by atoms with van der Waals surface area (Å²) in [5.41, 5.74) is 3.61. The average molecular weight is 334 g/mol. The Morgan fingerprint density at radius 3 is 2.50 bits per heavy atom. The van der Waals surface area contributed by atoms with E-state index < -0.39 is 0 Å². The molecule has 0 unspecified atom stereocenters. The minimum Gasteiger partial charge on any atom is -0.306 e. The molecule has 3 nitrogen and oxygen atoms in total. The highest BCUT2D eigenvalue weighted by Crippen LogP contribution is 2.12. The fourth-order valence-corrected chi connectivity index (χ4v) is 2.61. The summed E-state index contributed by atoms with van der Waals surface area (Å²) in [5, 5.41) is 0. The van der Waals surface area contributed by atoms with E-state index in [1.807, 2.05) is 32.9 Å². The van der Waals surface area contributed by atoms with Crippen molar-refractivity contribution in [1.82, 2.24) is 4.57 Å². The number of hydrogen-bond acceptors (Lipinski definition) is 2. The molecular formula is C16H16BrNO2. The van der Waals surface area contributed by atoms with Crippen molar-refractivity contribution >= 4 is 21.7 Å². The predicted octanol–water partition coefficient (Wildman–Crippen LogP) is 3.42. The van der Waals surface area contributed by atoms with E-state index in [0.29, 0.717) is 10.0 Å². The van der Waals surface area contributed by atoms with Crippen LogP contribution in [0.4, 0.5) is 0 Å². The van der Waals surface area contributed by atoms with E-state index in [4.69, 9.17) is 0 Å². The minimum atomic E-state index is -0.187. The van der Waals surface area contributed by atoms with Crippen LogP contribution in [-0.4, -0.2) is 10.4 Å². The number of ketones is 1. The summed E-state index contributed by atoms with van der Waals surface area (Å²) in [6.45, 7) is 5.93. The third-order valence-corrected chi connectivity index (χ3v) is 3.89. The van der Waals surface area contributed by atoms with Crippen LogP contribution < -0.4 is 5.56 Å². The van der Waals surface area contributed by atoms with Crippen LogP contribution in [0.15, 0.2) is 39.7 Å². The lowest BCUT2D eigenvalue weighted by Crippen LogP contribution is -2.24. The molecule has 0 atom stereocenters. The van der Waals surface area contributed by atoms with Crippen molar-refractivity contribution in [3.8, 4) is 0 Å². The van der Waals surface area contributed by atoms with Crippen LogP contribution in [0, 0.1) is 20.8 Å². The van der Waals surface area contributed by atoms with Gasteiger partial charge in [0.1, 0.15) is 0 Å². The summed E-state index contributed by atoms with van der Waals surface area (Å²) < 4.78 is 1.92. The van der Waals surface area contributed by atoms with Crippen LogP contribution >= 0.6 is 15.9 Å². The molecule has 0 aliphatic carbocycles. The van der Waals surface area contributed by atoms with E-state index in [1.165, 1.54) is 4.57 Å². The Kier molecular flexibility index (Phi) is 4.23. The van der Waals surface area contributed by atoms with E-state index in [9.17, 15) is 9.59 Å². The molecule has 0 N–H and O–H groups in total. The third kappa shape index (κ3) is 3.07. The molecule has 0 saturated heterocycles. The average Bonchev–Trinajstić information content (AvgIpc) is 2.38. The van der Waals surface area contributed by atoms with Crippen molar-refractivity contribution in [2.45, 2.75) is 27.3 Å². The smallest absolute Gasteiger partial charge is 0.265 e. The Labute approximate surface area is 126 Å². The first kappa shape index (κ1) is 14.7. The van der Waals surface area contributed by atoms with Gasteiger partial charge in [-0.15, -0.1) is 0 Å². The second-order valence-corrected chi connectivity index (χ2v) is 5.87. The van der Waals surface area contributed by atoms with Crippen molar-refractivity contribution in [3.63, 3.8) is 0 Å². The SMILES string of the molecule is Cc1cc(Br)c(=O)n(CC(=O)c2ccc(C)c(C)c2)c1. The molecule has 1 aromatic carbocycles. The first-order valence-corrected chi connectivity index (χ1v) is 7.15. The number of nitrogens with zero attached hydrogens (tertiary/aromatic N) is 1. The fraction of sp³-hybridized carbons (Fsp3) is 0.250. The van der Waals surface area contributed by atoms with E-state index in [-0.39, 0.29) is 17.9 Å². The summed E-state index contributed by atoms with van der Waals surface area (Å²) in [7, 11) is 0. The molecule has 104 valence electrons. The largest absolute Gasteiger partial charge is 0.306 e. The van der Waals surface area contributed by atoms with Gasteiger partial charge in [-0.1, -0.05) is 12.1 Å². The number of hydrogen-bond donors (Lipinski definition) is 0. The quantitative estimate of drug-likeness (QED) is 0.807. The van der Waals surface area contributed by atoms with Gasteiger partial charge < -0.3 is 4.57 Å². The van der Waals surface area contributed by atoms with Crippen molar-refractivity contribution < 1.29 is 4.79 Å². The summed E-state index contributed by atoms with van der Waals surface area (Å²) in [5.74, 6) is -0.0623. The Hall–Kier alpha value is -1.68. The maximum Gasteiger partial charge on any atom is 0.265 e. The Morgan fingerprint density at radius 1 is 1.15 bits per heavy atom. The molecule has 2 aromatic rings. The maximum atomic E-state index is 12.3. The number of carbonyl (C=O) groups excluding carboxylic acids is 1. The predicted molar refractivity (Wildman–Crippen MR) is 83.4 cm³/mol. The van der Waals surface area contributed by atoms with Crippen molar-refractivity contribution in [2.75, 3.05) is 0 Å². The molecule has 0 aliphatic heterocycles. The topological polar surface area (TPSA) is 39.1 Å². The first-order valence-electron chi connectivity index (χ1n) is 6.35. The number of rotatable bonds is 3. The molecule has 1 heterocycles. The molecule has 4 heteroatoms. The number of benzene rings is 1. The summed E-state index contributed by atoms with van der Waals surface area (Å²) in [6, 6.07) is 7.35. The molecule has 20 heavy (non-hydrogen) atoms. The van der Waals surface area contributed by atoms with Gasteiger partial charge in [0.2, 0.25) is 0 Å². The number of halogens is 1. The highest BCUT2D eigenvalue weighted by molar-refractivity contribution is 9.10. The van der Waals surface area contributed by atoms with Gasteiger partial charge in [-0.3, -0.25) is 9.59 Å². The van der Waals surface area contributed by atoms with E-state index >= 15 is 0 Å². The second-order valence-electron chi connectivity index (χ2n) is 5.02. The molecule has 1 aromatic heterocycles. The van der Waals surface area contributed by atoms with Gasteiger partial charge in [0.15, 0.2) is 5.78 Å². The maximum absolute atomic E-state index is 12.3. The standard InChI is InChI=1S/C16H16BrNO2/c1-10-6-14(17)16(20)18(8-10)9-15(19)13-5-4-11(2)12(3)7-13/h4-8H,9H2,1-3H3. The molecular weight excluding hydrogens is 318 g/mol. The zero-order valence-electron chi connectivity index (χ0n) is 11.7. The lowest BCUT2D eigenvalue weighted by Gasteiger charge is -2.08. The first-order chi connectivity index (χ1) is 9.38. The summed E-state index contributed by atoms with van der Waals surface area (Å²) >= 11 is 3.22. The molecule has 0 fully saturated rings. The van der Waals surface area contributed by atoms with Crippen LogP contribution in [0.5, 0.6) is 0 Å². The zero-order valence-corrected chi connectivity index (χ0v) is 13.3. The Morgan fingerprint density at radius 2 is 1.85 bits per heavy atom. The van der Waals surface area contributed by atoms with Gasteiger partial charge in [0, 0.05) is 11.8 Å². The van der Waals surface area contributed by atoms with Gasteiger partial charge in [-0.05, 0) is 65.5 Å². The third-order valence-electron chi connectivity index (χ3n) is 3.32. The van der Waals surface area contributed by atoms with Gasteiger partial charge in [0.05, 0.1) is 11.0 Å². The molecule has 0 spiro atoms. The number of aryl methyl sites for hydroxylation is 3. The van der Waals surface area contributed by atoms with Crippen LogP contribution in [0.2, 0.25) is 0 Å². The fourth-order valence-electron chi connectivity index (χ4n) is 2.02. The van der Waals surface area contributed by atoms with Crippen LogP contribution in [0.1, 0.15) is 27.0 Å². The van der Waals surface area contributed by atoms with Gasteiger partial charge >= 0.3 is 0 Å². The monoisotopic (exact) mass is 333 g/mol. The van der Waals surface area contributed by atoms with Crippen LogP contribution in [0.25, 0.3) is 0 Å². The summed E-state index contributed by atoms with van der Waals surface area (Å²) in [4.78, 5) is 24.3. The molecule has 0 saturated carbocycles. The van der Waals surface area contributed by atoms with E-state index in [1.54, 1.807) is 18.3 Å². The second kappa shape index (κ2) is 5.75. The number of pyridine rings is 1. The lowest BCUT2D eigenvalue weighted by molar-refractivity contribution is 0.0970.